The van der Waals surface area contributed by atoms with Crippen molar-refractivity contribution in [2.75, 3.05) is 26.5 Å². The Labute approximate surface area is 228 Å². The lowest BCUT2D eigenvalue weighted by molar-refractivity contribution is 0.0602. The number of carbonyl (C=O) groups excluding carboxylic acids is 2. The Kier molecular flexibility index (Phi) is 8.92. The van der Waals surface area contributed by atoms with Crippen LogP contribution in [-0.2, 0) is 14.8 Å². The van der Waals surface area contributed by atoms with Crippen molar-refractivity contribution in [3.63, 3.8) is 0 Å². The first kappa shape index (κ1) is 29.5. The lowest BCUT2D eigenvalue weighted by atomic mass is 10.0. The average Bonchev–Trinajstić information content (AvgIpc) is 2.90. The zero-order valence-electron chi connectivity index (χ0n) is 20.9. The number of anilines is 1. The molecule has 3 aromatic rings. The molecule has 10 nitrogen and oxygen atoms in total. The minimum absolute atomic E-state index is 0.0590. The number of esters is 1. The minimum Gasteiger partial charge on any atom is -0.465 e. The molecule has 6 N–H and O–H groups in total. The van der Waals surface area contributed by atoms with Gasteiger partial charge in [0.25, 0.3) is 5.91 Å². The van der Waals surface area contributed by atoms with Gasteiger partial charge in [-0.25, -0.2) is 26.3 Å². The van der Waals surface area contributed by atoms with Crippen LogP contribution >= 0.6 is 11.6 Å². The second-order valence-electron chi connectivity index (χ2n) is 8.18. The maximum Gasteiger partial charge on any atom is 0.339 e. The van der Waals surface area contributed by atoms with Gasteiger partial charge >= 0.3 is 5.97 Å². The Morgan fingerprint density at radius 3 is 2.18 bits per heavy atom. The van der Waals surface area contributed by atoms with Crippen molar-refractivity contribution in [2.24, 2.45) is 11.6 Å². The molecule has 0 bridgehead atoms. The van der Waals surface area contributed by atoms with Crippen molar-refractivity contribution < 1.29 is 31.5 Å². The number of halogens is 3. The quantitative estimate of drug-likeness (QED) is 0.180. The van der Waals surface area contributed by atoms with Crippen LogP contribution in [0.2, 0.25) is 5.02 Å². The van der Waals surface area contributed by atoms with Crippen LogP contribution < -0.4 is 22.3 Å². The van der Waals surface area contributed by atoms with Gasteiger partial charge in [0, 0.05) is 25.9 Å². The van der Waals surface area contributed by atoms with Gasteiger partial charge in [0.2, 0.25) is 10.0 Å². The number of nitrogens with one attached hydrogen (secondary N) is 2. The van der Waals surface area contributed by atoms with Crippen molar-refractivity contribution in [3.8, 4) is 11.1 Å². The Morgan fingerprint density at radius 1 is 0.974 bits per heavy atom. The first-order valence-electron chi connectivity index (χ1n) is 11.0. The number of rotatable bonds is 8. The van der Waals surface area contributed by atoms with Gasteiger partial charge in [-0.3, -0.25) is 10.6 Å². The van der Waals surface area contributed by atoms with E-state index in [-0.39, 0.29) is 38.7 Å². The number of carbonyl (C=O) groups is 2. The number of sulfonamides is 1. The van der Waals surface area contributed by atoms with E-state index in [4.69, 9.17) is 27.9 Å². The number of benzene rings is 3. The summed E-state index contributed by atoms with van der Waals surface area (Å²) in [5.41, 5.74) is 8.08. The summed E-state index contributed by atoms with van der Waals surface area (Å²) in [4.78, 5) is 25.5. The molecule has 3 aromatic carbocycles. The number of nitrogens with zero attached hydrogens (tertiary/aromatic N) is 1. The maximum absolute atomic E-state index is 13.8. The summed E-state index contributed by atoms with van der Waals surface area (Å²) in [7, 11) is -0.545. The van der Waals surface area contributed by atoms with Crippen molar-refractivity contribution in [1.82, 2.24) is 9.73 Å². The van der Waals surface area contributed by atoms with Gasteiger partial charge in [-0.1, -0.05) is 23.7 Å². The van der Waals surface area contributed by atoms with Crippen molar-refractivity contribution >= 4 is 44.9 Å². The van der Waals surface area contributed by atoms with Crippen molar-refractivity contribution in [1.29, 1.82) is 0 Å². The second kappa shape index (κ2) is 11.8. The summed E-state index contributed by atoms with van der Waals surface area (Å²) < 4.78 is 59.3. The van der Waals surface area contributed by atoms with Crippen LogP contribution in [-0.4, -0.2) is 45.8 Å². The van der Waals surface area contributed by atoms with E-state index >= 15 is 0 Å². The van der Waals surface area contributed by atoms with Gasteiger partial charge in [0.05, 0.1) is 39.5 Å². The second-order valence-corrected chi connectivity index (χ2v) is 10.7. The third-order valence-electron chi connectivity index (χ3n) is 5.61. The van der Waals surface area contributed by atoms with Crippen LogP contribution in [0.4, 0.5) is 14.5 Å². The number of hydrazine groups is 1. The van der Waals surface area contributed by atoms with Crippen LogP contribution in [0.25, 0.3) is 16.8 Å². The SMILES string of the molecule is COC(=O)c1ccc(-c2ccc(F)c(F)c2)cc1NC(=O)c1cc(Cl)c(/C(=C/N)NN)cc1S(=O)(=O)N(C)C. The topological polar surface area (TPSA) is 157 Å². The van der Waals surface area contributed by atoms with E-state index in [0.717, 1.165) is 41.9 Å². The Hall–Kier alpha value is -4.04. The highest BCUT2D eigenvalue weighted by molar-refractivity contribution is 7.89. The molecule has 0 saturated heterocycles. The van der Waals surface area contributed by atoms with E-state index in [2.05, 4.69) is 10.7 Å². The Balaban J connectivity index is 2.19. The highest BCUT2D eigenvalue weighted by Crippen LogP contribution is 2.32. The fraction of sp³-hybridized carbons (Fsp3) is 0.120. The van der Waals surface area contributed by atoms with E-state index in [1.165, 1.54) is 38.4 Å². The maximum atomic E-state index is 13.8. The van der Waals surface area contributed by atoms with Gasteiger partial charge in [-0.2, -0.15) is 0 Å². The highest BCUT2D eigenvalue weighted by Gasteiger charge is 2.28. The predicted octanol–water partition coefficient (Wildman–Crippen LogP) is 3.29. The van der Waals surface area contributed by atoms with Gasteiger partial charge < -0.3 is 21.2 Å². The van der Waals surface area contributed by atoms with Gasteiger partial charge in [0.1, 0.15) is 0 Å². The first-order chi connectivity index (χ1) is 18.3. The molecule has 0 aliphatic carbocycles. The van der Waals surface area contributed by atoms with Crippen LogP contribution in [0.15, 0.2) is 59.6 Å². The number of methoxy groups -OCH3 is 1. The summed E-state index contributed by atoms with van der Waals surface area (Å²) in [6, 6.07) is 9.53. The molecule has 0 saturated carbocycles. The van der Waals surface area contributed by atoms with Gasteiger partial charge in [0.15, 0.2) is 11.6 Å². The molecule has 0 fully saturated rings. The lowest BCUT2D eigenvalue weighted by Crippen LogP contribution is -2.27. The molecular weight excluding hydrogens is 556 g/mol. The zero-order valence-corrected chi connectivity index (χ0v) is 22.5. The van der Waals surface area contributed by atoms with Crippen LogP contribution in [0.1, 0.15) is 26.3 Å². The van der Waals surface area contributed by atoms with Gasteiger partial charge in [-0.15, -0.1) is 0 Å². The average molecular weight is 580 g/mol. The summed E-state index contributed by atoms with van der Waals surface area (Å²) in [5.74, 6) is 1.55. The molecule has 14 heteroatoms. The number of ether oxygens (including phenoxy) is 1. The molecule has 0 heterocycles. The smallest absolute Gasteiger partial charge is 0.339 e. The van der Waals surface area contributed by atoms with Crippen LogP contribution in [0.3, 0.4) is 0 Å². The molecule has 206 valence electrons. The molecule has 0 unspecified atom stereocenters. The summed E-state index contributed by atoms with van der Waals surface area (Å²) >= 11 is 6.35. The van der Waals surface area contributed by atoms with E-state index in [1.54, 1.807) is 0 Å². The molecule has 0 aromatic heterocycles. The summed E-state index contributed by atoms with van der Waals surface area (Å²) in [5, 5.41) is 2.45. The first-order valence-corrected chi connectivity index (χ1v) is 12.8. The number of hydrogen-bond donors (Lipinski definition) is 4. The molecule has 1 amide bonds. The Morgan fingerprint density at radius 2 is 1.62 bits per heavy atom. The van der Waals surface area contributed by atoms with E-state index in [1.807, 2.05) is 0 Å². The minimum atomic E-state index is -4.22. The third kappa shape index (κ3) is 6.01. The molecule has 0 atom stereocenters. The number of nitrogens with two attached hydrogens (primary N) is 2. The summed E-state index contributed by atoms with van der Waals surface area (Å²) in [6.45, 7) is 0. The molecule has 0 spiro atoms. The lowest BCUT2D eigenvalue weighted by Gasteiger charge is -2.19. The fourth-order valence-corrected chi connectivity index (χ4v) is 4.90. The van der Waals surface area contributed by atoms with Crippen molar-refractivity contribution in [2.45, 2.75) is 4.90 Å². The number of hydrogen-bond acceptors (Lipinski definition) is 8. The van der Waals surface area contributed by atoms with Crippen molar-refractivity contribution in [3.05, 3.63) is 88.1 Å². The zero-order chi connectivity index (χ0) is 29.1. The normalized spacial score (nSPS) is 11.8. The molecule has 39 heavy (non-hydrogen) atoms. The fourth-order valence-electron chi connectivity index (χ4n) is 3.54. The largest absolute Gasteiger partial charge is 0.465 e. The molecule has 0 aliphatic heterocycles. The van der Waals surface area contributed by atoms with Gasteiger partial charge in [-0.05, 0) is 47.5 Å². The molecule has 0 aliphatic rings. The standard InChI is InChI=1S/C25H24ClF2N5O5S/c1-33(2)39(36,37)23-11-16(22(12-29)32-30)18(26)10-17(23)24(34)31-21-9-14(4-6-15(21)25(35)38-3)13-5-7-19(27)20(28)8-13/h4-12,32H,29-30H2,1-3H3,(H,31,34)/b22-12-. The van der Waals surface area contributed by atoms with Crippen LogP contribution in [0.5, 0.6) is 0 Å². The molecule has 0 radical (unpaired) electrons. The molecule has 3 rings (SSSR count). The van der Waals surface area contributed by atoms with E-state index < -0.39 is 38.4 Å². The summed E-state index contributed by atoms with van der Waals surface area (Å²) in [6.07, 6.45) is 1.07. The van der Waals surface area contributed by atoms with Crippen LogP contribution in [0, 0.1) is 11.6 Å². The molecular formula is C25H24ClF2N5O5S. The monoisotopic (exact) mass is 579 g/mol. The predicted molar refractivity (Wildman–Crippen MR) is 143 cm³/mol. The van der Waals surface area contributed by atoms with E-state index in [0.29, 0.717) is 5.56 Å². The third-order valence-corrected chi connectivity index (χ3v) is 7.78. The Bertz CT molecular complexity index is 1600. The van der Waals surface area contributed by atoms with E-state index in [9.17, 15) is 26.8 Å². The number of amides is 1. The highest BCUT2D eigenvalue weighted by atomic mass is 35.5.